The van der Waals surface area contributed by atoms with Crippen molar-refractivity contribution in [1.82, 2.24) is 15.2 Å². The van der Waals surface area contributed by atoms with Gasteiger partial charge in [0.25, 0.3) is 5.91 Å². The second-order valence-corrected chi connectivity index (χ2v) is 3.72. The SMILES string of the molecule is CN(C)CCNC(=O)C(=NO)c1ccccn1. The van der Waals surface area contributed by atoms with Crippen LogP contribution in [0.25, 0.3) is 0 Å². The number of oxime groups is 1. The average molecular weight is 236 g/mol. The van der Waals surface area contributed by atoms with Crippen molar-refractivity contribution in [2.45, 2.75) is 0 Å². The first-order valence-corrected chi connectivity index (χ1v) is 5.21. The number of rotatable bonds is 5. The number of hydrogen-bond acceptors (Lipinski definition) is 5. The van der Waals surface area contributed by atoms with Gasteiger partial charge in [-0.1, -0.05) is 11.2 Å². The normalized spacial score (nSPS) is 11.6. The molecule has 1 amide bonds. The quantitative estimate of drug-likeness (QED) is 0.426. The highest BCUT2D eigenvalue weighted by molar-refractivity contribution is 6.44. The first kappa shape index (κ1) is 13.1. The first-order valence-electron chi connectivity index (χ1n) is 5.21. The Morgan fingerprint density at radius 3 is 2.82 bits per heavy atom. The first-order chi connectivity index (χ1) is 8.15. The van der Waals surface area contributed by atoms with Gasteiger partial charge in [0, 0.05) is 19.3 Å². The van der Waals surface area contributed by atoms with Gasteiger partial charge in [-0.15, -0.1) is 0 Å². The van der Waals surface area contributed by atoms with Gasteiger partial charge in [-0.2, -0.15) is 0 Å². The molecular formula is C11H16N4O2. The van der Waals surface area contributed by atoms with E-state index in [1.165, 1.54) is 6.20 Å². The lowest BCUT2D eigenvalue weighted by Crippen LogP contribution is -2.36. The van der Waals surface area contributed by atoms with Crippen LogP contribution in [0.2, 0.25) is 0 Å². The van der Waals surface area contributed by atoms with Gasteiger partial charge in [0.1, 0.15) is 0 Å². The number of aromatic nitrogens is 1. The van der Waals surface area contributed by atoms with Crippen LogP contribution in [0.3, 0.4) is 0 Å². The molecule has 17 heavy (non-hydrogen) atoms. The van der Waals surface area contributed by atoms with Gasteiger partial charge < -0.3 is 15.4 Å². The number of carbonyl (C=O) groups excluding carboxylic acids is 1. The van der Waals surface area contributed by atoms with E-state index >= 15 is 0 Å². The van der Waals surface area contributed by atoms with Crippen LogP contribution in [0.5, 0.6) is 0 Å². The molecule has 1 rings (SSSR count). The summed E-state index contributed by atoms with van der Waals surface area (Å²) in [5, 5.41) is 14.5. The average Bonchev–Trinajstić information content (AvgIpc) is 2.31. The van der Waals surface area contributed by atoms with E-state index in [1.807, 2.05) is 19.0 Å². The van der Waals surface area contributed by atoms with Crippen molar-refractivity contribution in [1.29, 1.82) is 0 Å². The van der Waals surface area contributed by atoms with Crippen molar-refractivity contribution in [2.24, 2.45) is 5.16 Å². The predicted octanol–water partition coefficient (Wildman–Crippen LogP) is -0.0623. The topological polar surface area (TPSA) is 77.8 Å². The van der Waals surface area contributed by atoms with E-state index in [0.29, 0.717) is 18.8 Å². The summed E-state index contributed by atoms with van der Waals surface area (Å²) >= 11 is 0. The highest BCUT2D eigenvalue weighted by atomic mass is 16.4. The van der Waals surface area contributed by atoms with Gasteiger partial charge in [-0.25, -0.2) is 0 Å². The standard InChI is InChI=1S/C11H16N4O2/c1-15(2)8-7-13-11(16)10(14-17)9-5-3-4-6-12-9/h3-6,17H,7-8H2,1-2H3,(H,13,16). The van der Waals surface area contributed by atoms with E-state index < -0.39 is 5.91 Å². The third kappa shape index (κ3) is 4.20. The number of amides is 1. The van der Waals surface area contributed by atoms with E-state index in [0.717, 1.165) is 0 Å². The Labute approximate surface area is 100.0 Å². The molecule has 0 saturated carbocycles. The molecule has 2 N–H and O–H groups in total. The lowest BCUT2D eigenvalue weighted by atomic mass is 10.2. The molecule has 0 spiro atoms. The van der Waals surface area contributed by atoms with Gasteiger partial charge >= 0.3 is 0 Å². The van der Waals surface area contributed by atoms with E-state index in [1.54, 1.807) is 18.2 Å². The van der Waals surface area contributed by atoms with Crippen LogP contribution in [0.4, 0.5) is 0 Å². The summed E-state index contributed by atoms with van der Waals surface area (Å²) in [6.45, 7) is 1.20. The Hall–Kier alpha value is -1.95. The highest BCUT2D eigenvalue weighted by Crippen LogP contribution is 1.96. The molecule has 0 aliphatic carbocycles. The maximum Gasteiger partial charge on any atom is 0.275 e. The molecule has 6 nitrogen and oxygen atoms in total. The van der Waals surface area contributed by atoms with Crippen LogP contribution in [-0.2, 0) is 4.79 Å². The molecule has 1 heterocycles. The number of likely N-dealkylation sites (N-methyl/N-ethyl adjacent to an activating group) is 1. The molecule has 1 aromatic heterocycles. The fourth-order valence-corrected chi connectivity index (χ4v) is 1.19. The number of carbonyl (C=O) groups is 1. The summed E-state index contributed by atoms with van der Waals surface area (Å²) in [4.78, 5) is 17.6. The van der Waals surface area contributed by atoms with Crippen molar-refractivity contribution >= 4 is 11.6 Å². The van der Waals surface area contributed by atoms with Crippen LogP contribution in [0.15, 0.2) is 29.6 Å². The Bertz CT molecular complexity index is 390. The lowest BCUT2D eigenvalue weighted by molar-refractivity contribution is -0.114. The van der Waals surface area contributed by atoms with E-state index in [2.05, 4.69) is 15.5 Å². The molecule has 0 aromatic carbocycles. The second-order valence-electron chi connectivity index (χ2n) is 3.72. The monoisotopic (exact) mass is 236 g/mol. The molecule has 0 aliphatic rings. The molecule has 92 valence electrons. The summed E-state index contributed by atoms with van der Waals surface area (Å²) in [7, 11) is 3.82. The lowest BCUT2D eigenvalue weighted by Gasteiger charge is -2.10. The van der Waals surface area contributed by atoms with E-state index in [9.17, 15) is 4.79 Å². The molecule has 6 heteroatoms. The summed E-state index contributed by atoms with van der Waals surface area (Å²) in [6.07, 6.45) is 1.54. The third-order valence-electron chi connectivity index (χ3n) is 2.07. The van der Waals surface area contributed by atoms with Crippen LogP contribution >= 0.6 is 0 Å². The minimum atomic E-state index is -0.437. The minimum Gasteiger partial charge on any atom is -0.410 e. The molecule has 0 aliphatic heterocycles. The van der Waals surface area contributed by atoms with Crippen molar-refractivity contribution < 1.29 is 10.0 Å². The highest BCUT2D eigenvalue weighted by Gasteiger charge is 2.15. The van der Waals surface area contributed by atoms with Gasteiger partial charge in [0.15, 0.2) is 5.71 Å². The number of hydrogen-bond donors (Lipinski definition) is 2. The van der Waals surface area contributed by atoms with Crippen molar-refractivity contribution in [2.75, 3.05) is 27.2 Å². The fourth-order valence-electron chi connectivity index (χ4n) is 1.19. The number of nitrogens with one attached hydrogen (secondary N) is 1. The smallest absolute Gasteiger partial charge is 0.275 e. The molecule has 0 saturated heterocycles. The Morgan fingerprint density at radius 1 is 1.53 bits per heavy atom. The molecule has 0 bridgehead atoms. The van der Waals surface area contributed by atoms with Crippen LogP contribution in [-0.4, -0.2) is 53.9 Å². The minimum absolute atomic E-state index is 0.0793. The molecular weight excluding hydrogens is 220 g/mol. The zero-order valence-electron chi connectivity index (χ0n) is 9.92. The summed E-state index contributed by atoms with van der Waals surface area (Å²) in [5.74, 6) is -0.437. The third-order valence-corrected chi connectivity index (χ3v) is 2.07. The summed E-state index contributed by atoms with van der Waals surface area (Å²) in [5.41, 5.74) is 0.265. The Morgan fingerprint density at radius 2 is 2.29 bits per heavy atom. The number of nitrogens with zero attached hydrogens (tertiary/aromatic N) is 3. The van der Waals surface area contributed by atoms with Gasteiger partial charge in [0.05, 0.1) is 5.69 Å². The molecule has 0 fully saturated rings. The molecule has 0 unspecified atom stereocenters. The maximum atomic E-state index is 11.7. The number of pyridine rings is 1. The summed E-state index contributed by atoms with van der Waals surface area (Å²) in [6, 6.07) is 5.06. The van der Waals surface area contributed by atoms with Crippen molar-refractivity contribution in [3.05, 3.63) is 30.1 Å². The molecule has 1 aromatic rings. The predicted molar refractivity (Wildman–Crippen MR) is 64.1 cm³/mol. The molecule has 0 atom stereocenters. The van der Waals surface area contributed by atoms with E-state index in [4.69, 9.17) is 5.21 Å². The van der Waals surface area contributed by atoms with Crippen molar-refractivity contribution in [3.63, 3.8) is 0 Å². The van der Waals surface area contributed by atoms with Crippen molar-refractivity contribution in [3.8, 4) is 0 Å². The maximum absolute atomic E-state index is 11.7. The molecule has 0 radical (unpaired) electrons. The van der Waals surface area contributed by atoms with Crippen LogP contribution < -0.4 is 5.32 Å². The van der Waals surface area contributed by atoms with Gasteiger partial charge in [-0.05, 0) is 26.2 Å². The van der Waals surface area contributed by atoms with Gasteiger partial charge in [-0.3, -0.25) is 9.78 Å². The van der Waals surface area contributed by atoms with Crippen LogP contribution in [0, 0.1) is 0 Å². The zero-order valence-corrected chi connectivity index (χ0v) is 9.92. The second kappa shape index (κ2) is 6.59. The van der Waals surface area contributed by atoms with Gasteiger partial charge in [0.2, 0.25) is 0 Å². The summed E-state index contributed by atoms with van der Waals surface area (Å²) < 4.78 is 0. The Balaban J connectivity index is 2.61. The van der Waals surface area contributed by atoms with E-state index in [-0.39, 0.29) is 5.71 Å². The largest absolute Gasteiger partial charge is 0.410 e. The van der Waals surface area contributed by atoms with Crippen LogP contribution in [0.1, 0.15) is 5.69 Å². The Kier molecular flexibility index (Phi) is 5.09. The zero-order chi connectivity index (χ0) is 12.7. The fraction of sp³-hybridized carbons (Fsp3) is 0.364.